The number of rotatable bonds is 5. The van der Waals surface area contributed by atoms with Crippen LogP contribution in [0.25, 0.3) is 10.9 Å². The Kier molecular flexibility index (Phi) is 4.93. The Morgan fingerprint density at radius 1 is 1.17 bits per heavy atom. The molecule has 2 heterocycles. The van der Waals surface area contributed by atoms with Gasteiger partial charge >= 0.3 is 0 Å². The fourth-order valence-electron chi connectivity index (χ4n) is 2.91. The van der Waals surface area contributed by atoms with E-state index in [2.05, 4.69) is 39.1 Å². The van der Waals surface area contributed by atoms with Crippen LogP contribution in [0.5, 0.6) is 0 Å². The second kappa shape index (κ2) is 7.10. The summed E-state index contributed by atoms with van der Waals surface area (Å²) < 4.78 is 0. The van der Waals surface area contributed by atoms with Crippen LogP contribution in [-0.2, 0) is 0 Å². The molecule has 23 heavy (non-hydrogen) atoms. The topological polar surface area (TPSA) is 70.3 Å². The average Bonchev–Trinajstić information content (AvgIpc) is 2.54. The summed E-state index contributed by atoms with van der Waals surface area (Å²) in [6, 6.07) is 8.15. The van der Waals surface area contributed by atoms with Crippen molar-refractivity contribution in [1.82, 2.24) is 19.8 Å². The van der Waals surface area contributed by atoms with Gasteiger partial charge in [0, 0.05) is 44.2 Å². The smallest absolute Gasteiger partial charge is 0.225 e. The highest BCUT2D eigenvalue weighted by Gasteiger charge is 2.15. The van der Waals surface area contributed by atoms with Gasteiger partial charge in [-0.3, -0.25) is 0 Å². The molecule has 3 N–H and O–H groups in total. The summed E-state index contributed by atoms with van der Waals surface area (Å²) in [6.45, 7) is 7.90. The van der Waals surface area contributed by atoms with Gasteiger partial charge in [-0.15, -0.1) is 0 Å². The molecule has 1 aliphatic heterocycles. The lowest BCUT2D eigenvalue weighted by Crippen LogP contribution is -2.45. The van der Waals surface area contributed by atoms with E-state index in [1.54, 1.807) is 0 Å². The first kappa shape index (κ1) is 16.0. The van der Waals surface area contributed by atoms with Crippen LogP contribution in [0.4, 0.5) is 11.8 Å². The maximum absolute atomic E-state index is 6.03. The zero-order chi connectivity index (χ0) is 16.2. The Hall–Kier alpha value is -1.92. The molecule has 124 valence electrons. The molecule has 1 saturated heterocycles. The molecule has 6 heteroatoms. The van der Waals surface area contributed by atoms with Crippen molar-refractivity contribution in [2.45, 2.75) is 19.4 Å². The third kappa shape index (κ3) is 4.09. The van der Waals surface area contributed by atoms with Crippen LogP contribution in [0.1, 0.15) is 13.3 Å². The van der Waals surface area contributed by atoms with E-state index < -0.39 is 0 Å². The van der Waals surface area contributed by atoms with Crippen molar-refractivity contribution in [3.8, 4) is 0 Å². The van der Waals surface area contributed by atoms with Crippen molar-refractivity contribution in [2.75, 3.05) is 50.8 Å². The summed E-state index contributed by atoms with van der Waals surface area (Å²) in [6.07, 6.45) is 1.07. The molecule has 6 nitrogen and oxygen atoms in total. The molecule has 1 unspecified atom stereocenters. The van der Waals surface area contributed by atoms with Crippen molar-refractivity contribution in [1.29, 1.82) is 0 Å². The van der Waals surface area contributed by atoms with E-state index in [1.165, 1.54) is 0 Å². The molecule has 1 atom stereocenters. The second-order valence-corrected chi connectivity index (χ2v) is 6.43. The molecule has 0 radical (unpaired) electrons. The van der Waals surface area contributed by atoms with Gasteiger partial charge in [-0.1, -0.05) is 12.1 Å². The van der Waals surface area contributed by atoms with Crippen molar-refractivity contribution in [2.24, 2.45) is 0 Å². The van der Waals surface area contributed by atoms with Gasteiger partial charge in [0.15, 0.2) is 0 Å². The van der Waals surface area contributed by atoms with Gasteiger partial charge < -0.3 is 20.9 Å². The fourth-order valence-corrected chi connectivity index (χ4v) is 2.91. The lowest BCUT2D eigenvalue weighted by atomic mass is 10.2. The van der Waals surface area contributed by atoms with Gasteiger partial charge in [0.25, 0.3) is 0 Å². The predicted octanol–water partition coefficient (Wildman–Crippen LogP) is 1.65. The quantitative estimate of drug-likeness (QED) is 0.874. The summed E-state index contributed by atoms with van der Waals surface area (Å²) in [4.78, 5) is 13.8. The Labute approximate surface area is 137 Å². The average molecular weight is 314 g/mol. The molecule has 0 saturated carbocycles. The van der Waals surface area contributed by atoms with Gasteiger partial charge in [-0.25, -0.2) is 4.98 Å². The van der Waals surface area contributed by atoms with Gasteiger partial charge in [0.05, 0.1) is 5.52 Å². The number of likely N-dealkylation sites (N-methyl/N-ethyl adjacent to an activating group) is 1. The maximum Gasteiger partial charge on any atom is 0.225 e. The largest absolute Gasteiger partial charge is 0.383 e. The zero-order valence-corrected chi connectivity index (χ0v) is 14.0. The fraction of sp³-hybridized carbons (Fsp3) is 0.529. The van der Waals surface area contributed by atoms with Gasteiger partial charge in [-0.05, 0) is 32.5 Å². The number of hydrogen-bond acceptors (Lipinski definition) is 6. The number of para-hydroxylation sites is 1. The molecule has 1 aromatic carbocycles. The van der Waals surface area contributed by atoms with E-state index in [4.69, 9.17) is 5.73 Å². The number of hydrogen-bond donors (Lipinski definition) is 2. The summed E-state index contributed by atoms with van der Waals surface area (Å²) in [5, 5.41) is 4.29. The maximum atomic E-state index is 6.03. The number of piperazine rings is 1. The van der Waals surface area contributed by atoms with E-state index in [-0.39, 0.29) is 0 Å². The molecule has 0 bridgehead atoms. The Morgan fingerprint density at radius 2 is 1.91 bits per heavy atom. The molecular formula is C17H26N6. The van der Waals surface area contributed by atoms with Gasteiger partial charge in [0.1, 0.15) is 5.82 Å². The first-order valence-electron chi connectivity index (χ1n) is 8.31. The van der Waals surface area contributed by atoms with Gasteiger partial charge in [0.2, 0.25) is 5.95 Å². The zero-order valence-electron chi connectivity index (χ0n) is 14.0. The molecule has 1 fully saturated rings. The molecule has 0 amide bonds. The van der Waals surface area contributed by atoms with Crippen molar-refractivity contribution >= 4 is 22.7 Å². The first-order chi connectivity index (χ1) is 11.1. The minimum Gasteiger partial charge on any atom is -0.383 e. The third-order valence-electron chi connectivity index (χ3n) is 4.48. The Bertz CT molecular complexity index is 651. The standard InChI is InChI=1S/C17H26N6/c1-13(7-8-23-11-9-22(2)10-12-23)19-17-20-15-6-4-3-5-14(15)16(18)21-17/h3-6,13H,7-12H2,1-2H3,(H3,18,19,20,21). The lowest BCUT2D eigenvalue weighted by Gasteiger charge is -2.32. The van der Waals surface area contributed by atoms with Crippen LogP contribution in [0.2, 0.25) is 0 Å². The van der Waals surface area contributed by atoms with E-state index in [9.17, 15) is 0 Å². The number of nitrogen functional groups attached to an aromatic ring is 1. The monoisotopic (exact) mass is 314 g/mol. The lowest BCUT2D eigenvalue weighted by molar-refractivity contribution is 0.151. The third-order valence-corrected chi connectivity index (χ3v) is 4.48. The molecule has 1 aromatic heterocycles. The number of nitrogens with two attached hydrogens (primary N) is 1. The summed E-state index contributed by atoms with van der Waals surface area (Å²) >= 11 is 0. The van der Waals surface area contributed by atoms with E-state index >= 15 is 0 Å². The Balaban J connectivity index is 1.56. The molecule has 2 aromatic rings. The van der Waals surface area contributed by atoms with Crippen LogP contribution < -0.4 is 11.1 Å². The van der Waals surface area contributed by atoms with Crippen LogP contribution in [0, 0.1) is 0 Å². The SMILES string of the molecule is CC(CCN1CCN(C)CC1)Nc1nc(N)c2ccccc2n1. The minimum absolute atomic E-state index is 0.315. The number of benzene rings is 1. The van der Waals surface area contributed by atoms with Crippen LogP contribution in [0.3, 0.4) is 0 Å². The Morgan fingerprint density at radius 3 is 2.70 bits per heavy atom. The summed E-state index contributed by atoms with van der Waals surface area (Å²) in [5.74, 6) is 1.15. The summed E-state index contributed by atoms with van der Waals surface area (Å²) in [7, 11) is 2.18. The number of nitrogens with one attached hydrogen (secondary N) is 1. The highest BCUT2D eigenvalue weighted by atomic mass is 15.2. The van der Waals surface area contributed by atoms with E-state index in [0.29, 0.717) is 17.8 Å². The van der Waals surface area contributed by atoms with Crippen molar-refractivity contribution in [3.63, 3.8) is 0 Å². The number of anilines is 2. The predicted molar refractivity (Wildman–Crippen MR) is 95.6 cm³/mol. The second-order valence-electron chi connectivity index (χ2n) is 6.43. The van der Waals surface area contributed by atoms with E-state index in [0.717, 1.165) is 50.0 Å². The van der Waals surface area contributed by atoms with E-state index in [1.807, 2.05) is 24.3 Å². The molecule has 1 aliphatic rings. The molecular weight excluding hydrogens is 288 g/mol. The minimum atomic E-state index is 0.315. The summed E-state index contributed by atoms with van der Waals surface area (Å²) in [5.41, 5.74) is 6.92. The number of fused-ring (bicyclic) bond motifs is 1. The first-order valence-corrected chi connectivity index (χ1v) is 8.31. The van der Waals surface area contributed by atoms with Crippen LogP contribution in [-0.4, -0.2) is 65.6 Å². The molecule has 3 rings (SSSR count). The molecule has 0 aliphatic carbocycles. The van der Waals surface area contributed by atoms with Crippen LogP contribution >= 0.6 is 0 Å². The van der Waals surface area contributed by atoms with Crippen molar-refractivity contribution in [3.05, 3.63) is 24.3 Å². The number of nitrogens with zero attached hydrogens (tertiary/aromatic N) is 4. The van der Waals surface area contributed by atoms with Crippen LogP contribution in [0.15, 0.2) is 24.3 Å². The number of aromatic nitrogens is 2. The van der Waals surface area contributed by atoms with Crippen molar-refractivity contribution < 1.29 is 0 Å². The highest BCUT2D eigenvalue weighted by molar-refractivity contribution is 5.88. The van der Waals surface area contributed by atoms with Gasteiger partial charge in [-0.2, -0.15) is 4.98 Å². The normalized spacial score (nSPS) is 18.2. The molecule has 0 spiro atoms. The highest BCUT2D eigenvalue weighted by Crippen LogP contribution is 2.19.